The van der Waals surface area contributed by atoms with E-state index in [1.54, 1.807) is 0 Å². The van der Waals surface area contributed by atoms with E-state index in [2.05, 4.69) is 49.7 Å². The van der Waals surface area contributed by atoms with Crippen LogP contribution in [0.25, 0.3) is 17.3 Å². The SMILES string of the molecule is C=Cc1cc(-c2ncccc2CC)ccc1CC. The molecule has 0 fully saturated rings. The molecule has 0 bridgehead atoms. The first-order valence-electron chi connectivity index (χ1n) is 6.49. The van der Waals surface area contributed by atoms with Crippen LogP contribution in [0.4, 0.5) is 0 Å². The Balaban J connectivity index is 2.54. The summed E-state index contributed by atoms with van der Waals surface area (Å²) in [6, 6.07) is 10.7. The van der Waals surface area contributed by atoms with Gasteiger partial charge in [0.05, 0.1) is 5.69 Å². The molecule has 1 nitrogen and oxygen atoms in total. The van der Waals surface area contributed by atoms with Crippen LogP contribution in [0.2, 0.25) is 0 Å². The molecule has 0 aliphatic carbocycles. The lowest BCUT2D eigenvalue weighted by Crippen LogP contribution is -1.93. The van der Waals surface area contributed by atoms with Gasteiger partial charge in [-0.05, 0) is 41.7 Å². The van der Waals surface area contributed by atoms with Crippen molar-refractivity contribution >= 4 is 6.08 Å². The molecule has 1 aromatic heterocycles. The van der Waals surface area contributed by atoms with Gasteiger partial charge in [0.1, 0.15) is 0 Å². The zero-order valence-corrected chi connectivity index (χ0v) is 11.1. The summed E-state index contributed by atoms with van der Waals surface area (Å²) in [6.07, 6.45) is 5.82. The molecular formula is C17H19N. The summed E-state index contributed by atoms with van der Waals surface area (Å²) in [7, 11) is 0. The molecule has 18 heavy (non-hydrogen) atoms. The molecule has 0 N–H and O–H groups in total. The number of nitrogens with zero attached hydrogens (tertiary/aromatic N) is 1. The third-order valence-electron chi connectivity index (χ3n) is 3.29. The molecule has 1 heterocycles. The first kappa shape index (κ1) is 12.6. The smallest absolute Gasteiger partial charge is 0.0733 e. The van der Waals surface area contributed by atoms with Crippen LogP contribution in [0, 0.1) is 0 Å². The molecule has 0 atom stereocenters. The van der Waals surface area contributed by atoms with E-state index in [4.69, 9.17) is 0 Å². The summed E-state index contributed by atoms with van der Waals surface area (Å²) in [4.78, 5) is 4.52. The van der Waals surface area contributed by atoms with E-state index < -0.39 is 0 Å². The Morgan fingerprint density at radius 2 is 1.89 bits per heavy atom. The van der Waals surface area contributed by atoms with Crippen molar-refractivity contribution in [3.8, 4) is 11.3 Å². The van der Waals surface area contributed by atoms with E-state index >= 15 is 0 Å². The predicted molar refractivity (Wildman–Crippen MR) is 78.5 cm³/mol. The second-order valence-electron chi connectivity index (χ2n) is 4.34. The van der Waals surface area contributed by atoms with E-state index in [0.29, 0.717) is 0 Å². The first-order chi connectivity index (χ1) is 8.80. The van der Waals surface area contributed by atoms with Crippen molar-refractivity contribution in [2.75, 3.05) is 0 Å². The summed E-state index contributed by atoms with van der Waals surface area (Å²) in [6.45, 7) is 8.23. The Hall–Kier alpha value is -1.89. The molecule has 0 amide bonds. The lowest BCUT2D eigenvalue weighted by Gasteiger charge is -2.10. The average Bonchev–Trinajstić information content (AvgIpc) is 2.46. The van der Waals surface area contributed by atoms with E-state index in [1.807, 2.05) is 18.3 Å². The van der Waals surface area contributed by atoms with Gasteiger partial charge in [-0.2, -0.15) is 0 Å². The largest absolute Gasteiger partial charge is 0.256 e. The highest BCUT2D eigenvalue weighted by Crippen LogP contribution is 2.25. The molecule has 0 saturated carbocycles. The number of pyridine rings is 1. The molecule has 0 spiro atoms. The Kier molecular flexibility index (Phi) is 3.93. The fourth-order valence-electron chi connectivity index (χ4n) is 2.24. The third kappa shape index (κ3) is 2.35. The maximum Gasteiger partial charge on any atom is 0.0733 e. The van der Waals surface area contributed by atoms with Crippen LogP contribution in [-0.2, 0) is 12.8 Å². The number of benzene rings is 1. The van der Waals surface area contributed by atoms with Gasteiger partial charge in [0.2, 0.25) is 0 Å². The van der Waals surface area contributed by atoms with Gasteiger partial charge < -0.3 is 0 Å². The van der Waals surface area contributed by atoms with E-state index in [1.165, 1.54) is 22.3 Å². The normalized spacial score (nSPS) is 10.3. The van der Waals surface area contributed by atoms with Gasteiger partial charge in [-0.15, -0.1) is 0 Å². The van der Waals surface area contributed by atoms with Crippen molar-refractivity contribution in [1.82, 2.24) is 4.98 Å². The summed E-state index contributed by atoms with van der Waals surface area (Å²) < 4.78 is 0. The highest BCUT2D eigenvalue weighted by Gasteiger charge is 2.06. The molecule has 1 aromatic carbocycles. The molecule has 0 aliphatic heterocycles. The van der Waals surface area contributed by atoms with Gasteiger partial charge in [-0.3, -0.25) is 4.98 Å². The molecule has 0 radical (unpaired) electrons. The fraction of sp³-hybridized carbons (Fsp3) is 0.235. The highest BCUT2D eigenvalue weighted by atomic mass is 14.7. The lowest BCUT2D eigenvalue weighted by atomic mass is 9.97. The molecule has 0 aliphatic rings. The standard InChI is InChI=1S/C17H19N/c1-4-13-9-10-16(12-15(13)6-3)17-14(5-2)8-7-11-18-17/h6-12H,3-5H2,1-2H3. The van der Waals surface area contributed by atoms with Crippen LogP contribution in [0.15, 0.2) is 43.1 Å². The van der Waals surface area contributed by atoms with Crippen LogP contribution < -0.4 is 0 Å². The van der Waals surface area contributed by atoms with Gasteiger partial charge in [0, 0.05) is 11.8 Å². The average molecular weight is 237 g/mol. The van der Waals surface area contributed by atoms with Crippen LogP contribution in [0.1, 0.15) is 30.5 Å². The van der Waals surface area contributed by atoms with E-state index in [0.717, 1.165) is 18.5 Å². The van der Waals surface area contributed by atoms with Gasteiger partial charge in [-0.25, -0.2) is 0 Å². The molecule has 0 unspecified atom stereocenters. The maximum atomic E-state index is 4.52. The number of hydrogen-bond donors (Lipinski definition) is 0. The number of aromatic nitrogens is 1. The minimum Gasteiger partial charge on any atom is -0.256 e. The van der Waals surface area contributed by atoms with E-state index in [9.17, 15) is 0 Å². The minimum absolute atomic E-state index is 1.00. The minimum atomic E-state index is 1.00. The molecule has 2 rings (SSSR count). The number of aryl methyl sites for hydroxylation is 2. The van der Waals surface area contributed by atoms with Gasteiger partial charge in [0.25, 0.3) is 0 Å². The van der Waals surface area contributed by atoms with Gasteiger partial charge in [-0.1, -0.05) is 44.7 Å². The first-order valence-corrected chi connectivity index (χ1v) is 6.49. The maximum absolute atomic E-state index is 4.52. The van der Waals surface area contributed by atoms with Crippen molar-refractivity contribution in [3.05, 3.63) is 59.8 Å². The molecule has 92 valence electrons. The summed E-state index contributed by atoms with van der Waals surface area (Å²) in [5, 5.41) is 0. The number of rotatable bonds is 4. The van der Waals surface area contributed by atoms with Crippen LogP contribution in [0.3, 0.4) is 0 Å². The highest BCUT2D eigenvalue weighted by molar-refractivity contribution is 5.68. The van der Waals surface area contributed by atoms with Crippen molar-refractivity contribution in [3.63, 3.8) is 0 Å². The molecular weight excluding hydrogens is 218 g/mol. The number of hydrogen-bond acceptors (Lipinski definition) is 1. The van der Waals surface area contributed by atoms with Crippen molar-refractivity contribution in [1.29, 1.82) is 0 Å². The van der Waals surface area contributed by atoms with Crippen molar-refractivity contribution < 1.29 is 0 Å². The fourth-order valence-corrected chi connectivity index (χ4v) is 2.24. The molecule has 1 heteroatoms. The third-order valence-corrected chi connectivity index (χ3v) is 3.29. The summed E-state index contributed by atoms with van der Waals surface area (Å²) >= 11 is 0. The van der Waals surface area contributed by atoms with Crippen molar-refractivity contribution in [2.24, 2.45) is 0 Å². The Morgan fingerprint density at radius 3 is 2.56 bits per heavy atom. The quantitative estimate of drug-likeness (QED) is 0.762. The topological polar surface area (TPSA) is 12.9 Å². The zero-order chi connectivity index (χ0) is 13.0. The second-order valence-corrected chi connectivity index (χ2v) is 4.34. The Bertz CT molecular complexity index is 555. The lowest BCUT2D eigenvalue weighted by molar-refractivity contribution is 1.10. The van der Waals surface area contributed by atoms with Gasteiger partial charge in [0.15, 0.2) is 0 Å². The molecule has 2 aromatic rings. The van der Waals surface area contributed by atoms with Gasteiger partial charge >= 0.3 is 0 Å². The molecule has 0 saturated heterocycles. The Morgan fingerprint density at radius 1 is 1.11 bits per heavy atom. The monoisotopic (exact) mass is 237 g/mol. The second kappa shape index (κ2) is 5.63. The summed E-state index contributed by atoms with van der Waals surface area (Å²) in [5.41, 5.74) is 6.10. The van der Waals surface area contributed by atoms with Crippen LogP contribution in [0.5, 0.6) is 0 Å². The van der Waals surface area contributed by atoms with E-state index in [-0.39, 0.29) is 0 Å². The predicted octanol–water partition coefficient (Wildman–Crippen LogP) is 4.52. The van der Waals surface area contributed by atoms with Crippen LogP contribution >= 0.6 is 0 Å². The van der Waals surface area contributed by atoms with Crippen LogP contribution in [-0.4, -0.2) is 4.98 Å². The Labute approximate surface area is 109 Å². The van der Waals surface area contributed by atoms with Crippen molar-refractivity contribution in [2.45, 2.75) is 26.7 Å². The summed E-state index contributed by atoms with van der Waals surface area (Å²) in [5.74, 6) is 0. The zero-order valence-electron chi connectivity index (χ0n) is 11.1.